The van der Waals surface area contributed by atoms with E-state index < -0.39 is 0 Å². The van der Waals surface area contributed by atoms with Crippen LogP contribution in [0.25, 0.3) is 0 Å². The standard InChI is InChI=1S/C21H25ClN4O/c1-16(24(3)15-25-12-10-23(2)11-13-25)26-18-6-4-5-7-20(18)27-21-9-8-17(22)14-19(21)26/h4-9,14H,1,10-13,15H2,2-3H3. The van der Waals surface area contributed by atoms with Crippen LogP contribution in [0.4, 0.5) is 11.4 Å². The third-order valence-corrected chi connectivity index (χ3v) is 5.43. The molecule has 0 aromatic heterocycles. The Bertz CT molecular complexity index is 848. The number of rotatable bonds is 4. The van der Waals surface area contributed by atoms with Gasteiger partial charge in [0.15, 0.2) is 11.5 Å². The van der Waals surface area contributed by atoms with Crippen molar-refractivity contribution in [1.29, 1.82) is 0 Å². The van der Waals surface area contributed by atoms with Crippen LogP contribution in [-0.4, -0.2) is 61.6 Å². The Morgan fingerprint density at radius 2 is 1.78 bits per heavy atom. The minimum atomic E-state index is 0.677. The Morgan fingerprint density at radius 3 is 2.56 bits per heavy atom. The lowest BCUT2D eigenvalue weighted by molar-refractivity contribution is 0.110. The van der Waals surface area contributed by atoms with E-state index in [1.165, 1.54) is 0 Å². The van der Waals surface area contributed by atoms with Gasteiger partial charge in [-0.2, -0.15) is 0 Å². The van der Waals surface area contributed by atoms with Crippen LogP contribution in [0.3, 0.4) is 0 Å². The fourth-order valence-electron chi connectivity index (χ4n) is 3.55. The first-order valence-electron chi connectivity index (χ1n) is 9.20. The van der Waals surface area contributed by atoms with Gasteiger partial charge in [-0.25, -0.2) is 0 Å². The molecule has 0 saturated carbocycles. The lowest BCUT2D eigenvalue weighted by atomic mass is 10.1. The molecule has 2 aliphatic heterocycles. The molecule has 0 amide bonds. The molecule has 142 valence electrons. The maximum Gasteiger partial charge on any atom is 0.151 e. The molecule has 27 heavy (non-hydrogen) atoms. The van der Waals surface area contributed by atoms with Gasteiger partial charge < -0.3 is 14.5 Å². The van der Waals surface area contributed by atoms with Crippen molar-refractivity contribution in [1.82, 2.24) is 14.7 Å². The molecule has 1 fully saturated rings. The van der Waals surface area contributed by atoms with E-state index in [4.69, 9.17) is 16.3 Å². The number of hydrogen-bond acceptors (Lipinski definition) is 5. The van der Waals surface area contributed by atoms with Crippen molar-refractivity contribution in [2.45, 2.75) is 0 Å². The molecule has 0 unspecified atom stereocenters. The number of hydrogen-bond donors (Lipinski definition) is 0. The molecule has 1 saturated heterocycles. The summed E-state index contributed by atoms with van der Waals surface area (Å²) in [6.07, 6.45) is 0. The molecule has 2 aliphatic rings. The summed E-state index contributed by atoms with van der Waals surface area (Å²) in [5, 5.41) is 0.677. The SMILES string of the molecule is C=C(N(C)CN1CCN(C)CC1)N1c2ccccc2Oc2ccc(Cl)cc21. The van der Waals surface area contributed by atoms with Crippen molar-refractivity contribution in [3.8, 4) is 11.5 Å². The first-order chi connectivity index (χ1) is 13.0. The van der Waals surface area contributed by atoms with E-state index in [1.807, 2.05) is 42.5 Å². The minimum Gasteiger partial charge on any atom is -0.453 e. The molecule has 5 nitrogen and oxygen atoms in total. The largest absolute Gasteiger partial charge is 0.453 e. The van der Waals surface area contributed by atoms with Crippen molar-refractivity contribution < 1.29 is 4.74 Å². The third kappa shape index (κ3) is 3.63. The topological polar surface area (TPSA) is 22.2 Å². The third-order valence-electron chi connectivity index (χ3n) is 5.19. The Morgan fingerprint density at radius 1 is 1.07 bits per heavy atom. The van der Waals surface area contributed by atoms with E-state index in [2.05, 4.69) is 40.3 Å². The highest BCUT2D eigenvalue weighted by molar-refractivity contribution is 6.31. The molecule has 0 N–H and O–H groups in total. The lowest BCUT2D eigenvalue weighted by Crippen LogP contribution is -2.48. The zero-order valence-corrected chi connectivity index (χ0v) is 16.6. The molecule has 6 heteroatoms. The van der Waals surface area contributed by atoms with E-state index in [1.54, 1.807) is 0 Å². The first kappa shape index (κ1) is 18.2. The summed E-state index contributed by atoms with van der Waals surface area (Å²) >= 11 is 6.28. The zero-order chi connectivity index (χ0) is 19.0. The van der Waals surface area contributed by atoms with Crippen molar-refractivity contribution >= 4 is 23.0 Å². The van der Waals surface area contributed by atoms with Crippen molar-refractivity contribution in [2.24, 2.45) is 0 Å². The Hall–Kier alpha value is -2.21. The zero-order valence-electron chi connectivity index (χ0n) is 15.9. The second-order valence-electron chi connectivity index (χ2n) is 7.19. The van der Waals surface area contributed by atoms with Crippen molar-refractivity contribution in [3.63, 3.8) is 0 Å². The molecule has 4 rings (SSSR count). The summed E-state index contributed by atoms with van der Waals surface area (Å²) in [4.78, 5) is 9.15. The lowest BCUT2D eigenvalue weighted by Gasteiger charge is -2.40. The highest BCUT2D eigenvalue weighted by atomic mass is 35.5. The van der Waals surface area contributed by atoms with Crippen LogP contribution < -0.4 is 9.64 Å². The predicted octanol–water partition coefficient (Wildman–Crippen LogP) is 4.19. The smallest absolute Gasteiger partial charge is 0.151 e. The number of anilines is 2. The van der Waals surface area contributed by atoms with Crippen LogP contribution in [0.15, 0.2) is 54.9 Å². The number of benzene rings is 2. The number of piperazine rings is 1. The van der Waals surface area contributed by atoms with E-state index >= 15 is 0 Å². The van der Waals surface area contributed by atoms with E-state index in [9.17, 15) is 0 Å². The van der Waals surface area contributed by atoms with Crippen LogP contribution in [0.1, 0.15) is 0 Å². The van der Waals surface area contributed by atoms with Crippen LogP contribution in [0, 0.1) is 0 Å². The summed E-state index contributed by atoms with van der Waals surface area (Å²) in [5.41, 5.74) is 1.89. The molecule has 2 aromatic carbocycles. The van der Waals surface area contributed by atoms with Gasteiger partial charge in [-0.3, -0.25) is 9.80 Å². The van der Waals surface area contributed by atoms with Gasteiger partial charge in [0, 0.05) is 38.2 Å². The molecule has 2 heterocycles. The Balaban J connectivity index is 1.62. The van der Waals surface area contributed by atoms with Crippen LogP contribution in [0.2, 0.25) is 5.02 Å². The number of likely N-dealkylation sites (N-methyl/N-ethyl adjacent to an activating group) is 1. The van der Waals surface area contributed by atoms with E-state index in [-0.39, 0.29) is 0 Å². The van der Waals surface area contributed by atoms with Gasteiger partial charge >= 0.3 is 0 Å². The number of para-hydroxylation sites is 2. The summed E-state index contributed by atoms with van der Waals surface area (Å²) < 4.78 is 6.08. The fraction of sp³-hybridized carbons (Fsp3) is 0.333. The number of fused-ring (bicyclic) bond motifs is 2. The maximum atomic E-state index is 6.28. The summed E-state index contributed by atoms with van der Waals surface area (Å²) in [6.45, 7) is 9.56. The number of halogens is 1. The van der Waals surface area contributed by atoms with E-state index in [0.29, 0.717) is 5.02 Å². The van der Waals surface area contributed by atoms with Gasteiger partial charge in [0.05, 0.1) is 18.0 Å². The van der Waals surface area contributed by atoms with Gasteiger partial charge in [0.2, 0.25) is 0 Å². The van der Waals surface area contributed by atoms with Crippen LogP contribution in [-0.2, 0) is 0 Å². The molecule has 0 atom stereocenters. The second kappa shape index (κ2) is 7.43. The molecule has 0 bridgehead atoms. The van der Waals surface area contributed by atoms with Crippen molar-refractivity contribution in [2.75, 3.05) is 51.8 Å². The summed E-state index contributed by atoms with van der Waals surface area (Å²) in [5.74, 6) is 2.50. The first-order valence-corrected chi connectivity index (χ1v) is 9.58. The van der Waals surface area contributed by atoms with Gasteiger partial charge in [-0.05, 0) is 37.4 Å². The molecule has 2 aromatic rings. The van der Waals surface area contributed by atoms with Crippen LogP contribution >= 0.6 is 11.6 Å². The van der Waals surface area contributed by atoms with Gasteiger partial charge in [0.25, 0.3) is 0 Å². The number of ether oxygens (including phenoxy) is 1. The van der Waals surface area contributed by atoms with Crippen molar-refractivity contribution in [3.05, 3.63) is 59.9 Å². The molecular formula is C21H25ClN4O. The molecular weight excluding hydrogens is 360 g/mol. The fourth-order valence-corrected chi connectivity index (χ4v) is 3.71. The Labute approximate surface area is 166 Å². The summed E-state index contributed by atoms with van der Waals surface area (Å²) in [6, 6.07) is 13.7. The molecule has 0 radical (unpaired) electrons. The molecule has 0 aliphatic carbocycles. The molecule has 0 spiro atoms. The minimum absolute atomic E-state index is 0.677. The van der Waals surface area contributed by atoms with Gasteiger partial charge in [0.1, 0.15) is 5.82 Å². The monoisotopic (exact) mass is 384 g/mol. The van der Waals surface area contributed by atoms with Gasteiger partial charge in [-0.15, -0.1) is 0 Å². The van der Waals surface area contributed by atoms with Gasteiger partial charge in [-0.1, -0.05) is 30.3 Å². The second-order valence-corrected chi connectivity index (χ2v) is 7.63. The average molecular weight is 385 g/mol. The Kier molecular flexibility index (Phi) is 5.00. The summed E-state index contributed by atoms with van der Waals surface area (Å²) in [7, 11) is 4.26. The number of nitrogens with zero attached hydrogens (tertiary/aromatic N) is 4. The van der Waals surface area contributed by atoms with Crippen LogP contribution in [0.5, 0.6) is 11.5 Å². The highest BCUT2D eigenvalue weighted by Gasteiger charge is 2.28. The predicted molar refractivity (Wildman–Crippen MR) is 111 cm³/mol. The van der Waals surface area contributed by atoms with E-state index in [0.717, 1.165) is 61.5 Å². The normalized spacial score (nSPS) is 17.1. The highest BCUT2D eigenvalue weighted by Crippen LogP contribution is 2.49. The quantitative estimate of drug-likeness (QED) is 0.786. The average Bonchev–Trinajstić information content (AvgIpc) is 2.67. The maximum absolute atomic E-state index is 6.28.